The third kappa shape index (κ3) is 3.11. The molecule has 0 radical (unpaired) electrons. The van der Waals surface area contributed by atoms with Crippen LogP contribution in [-0.2, 0) is 6.54 Å². The van der Waals surface area contributed by atoms with Gasteiger partial charge in [-0.25, -0.2) is 0 Å². The maximum atomic E-state index is 5.30. The first-order valence-corrected chi connectivity index (χ1v) is 7.31. The van der Waals surface area contributed by atoms with Crippen molar-refractivity contribution in [3.63, 3.8) is 0 Å². The van der Waals surface area contributed by atoms with Gasteiger partial charge in [0.25, 0.3) is 0 Å². The van der Waals surface area contributed by atoms with E-state index in [1.54, 1.807) is 0 Å². The predicted octanol–water partition coefficient (Wildman–Crippen LogP) is 3.78. The van der Waals surface area contributed by atoms with Crippen LogP contribution >= 0.6 is 0 Å². The molecule has 0 aliphatic heterocycles. The molecule has 1 N–H and O–H groups in total. The van der Waals surface area contributed by atoms with Gasteiger partial charge in [-0.15, -0.1) is 0 Å². The molecule has 4 nitrogen and oxygen atoms in total. The van der Waals surface area contributed by atoms with Crippen molar-refractivity contribution in [2.45, 2.75) is 32.9 Å². The van der Waals surface area contributed by atoms with Crippen LogP contribution in [0.2, 0.25) is 0 Å². The molecule has 2 aromatic carbocycles. The van der Waals surface area contributed by atoms with Crippen LogP contribution in [-0.4, -0.2) is 16.2 Å². The van der Waals surface area contributed by atoms with Crippen molar-refractivity contribution in [2.75, 3.05) is 0 Å². The smallest absolute Gasteiger partial charge is 0.240 e. The van der Waals surface area contributed by atoms with E-state index in [4.69, 9.17) is 4.52 Å². The summed E-state index contributed by atoms with van der Waals surface area (Å²) in [7, 11) is 0. The average Bonchev–Trinajstić information content (AvgIpc) is 3.01. The summed E-state index contributed by atoms with van der Waals surface area (Å²) < 4.78 is 5.30. The van der Waals surface area contributed by atoms with E-state index >= 15 is 0 Å². The zero-order valence-corrected chi connectivity index (χ0v) is 12.3. The highest BCUT2D eigenvalue weighted by Crippen LogP contribution is 2.22. The van der Waals surface area contributed by atoms with Gasteiger partial charge in [-0.2, -0.15) is 4.98 Å². The molecule has 0 aliphatic rings. The summed E-state index contributed by atoms with van der Waals surface area (Å²) in [5.74, 6) is 1.26. The largest absolute Gasteiger partial charge is 0.338 e. The number of fused-ring (bicyclic) bond motifs is 1. The van der Waals surface area contributed by atoms with Crippen molar-refractivity contribution < 1.29 is 4.52 Å². The lowest BCUT2D eigenvalue weighted by molar-refractivity contribution is 0.358. The second kappa shape index (κ2) is 6.06. The standard InChI is InChI=1S/C17H19N3O/c1-3-12(2)18-11-16-19-17(20-21-16)15-9-8-13-6-4-5-7-14(13)10-15/h4-10,12,18H,3,11H2,1-2H3. The molecule has 1 atom stereocenters. The van der Waals surface area contributed by atoms with Gasteiger partial charge in [0.05, 0.1) is 6.54 Å². The van der Waals surface area contributed by atoms with E-state index in [0.29, 0.717) is 24.3 Å². The Labute approximate surface area is 124 Å². The first-order chi connectivity index (χ1) is 10.3. The first kappa shape index (κ1) is 13.8. The Morgan fingerprint density at radius 1 is 1.14 bits per heavy atom. The Morgan fingerprint density at radius 2 is 1.95 bits per heavy atom. The maximum Gasteiger partial charge on any atom is 0.240 e. The fourth-order valence-corrected chi connectivity index (χ4v) is 2.18. The van der Waals surface area contributed by atoms with Crippen LogP contribution in [0.5, 0.6) is 0 Å². The van der Waals surface area contributed by atoms with Crippen LogP contribution in [0.15, 0.2) is 47.0 Å². The molecule has 0 bridgehead atoms. The third-order valence-electron chi connectivity index (χ3n) is 3.69. The lowest BCUT2D eigenvalue weighted by Gasteiger charge is -2.07. The number of hydrogen-bond acceptors (Lipinski definition) is 4. The lowest BCUT2D eigenvalue weighted by Crippen LogP contribution is -2.24. The summed E-state index contributed by atoms with van der Waals surface area (Å²) in [5, 5.41) is 9.81. The highest BCUT2D eigenvalue weighted by molar-refractivity contribution is 5.86. The second-order valence-electron chi connectivity index (χ2n) is 5.26. The van der Waals surface area contributed by atoms with Gasteiger partial charge in [-0.3, -0.25) is 0 Å². The topological polar surface area (TPSA) is 51.0 Å². The molecule has 21 heavy (non-hydrogen) atoms. The fourth-order valence-electron chi connectivity index (χ4n) is 2.18. The van der Waals surface area contributed by atoms with E-state index in [2.05, 4.69) is 53.6 Å². The zero-order chi connectivity index (χ0) is 14.7. The van der Waals surface area contributed by atoms with Crippen LogP contribution in [0, 0.1) is 0 Å². The van der Waals surface area contributed by atoms with Gasteiger partial charge in [-0.1, -0.05) is 48.5 Å². The molecule has 1 heterocycles. The Morgan fingerprint density at radius 3 is 2.76 bits per heavy atom. The zero-order valence-electron chi connectivity index (χ0n) is 12.3. The van der Waals surface area contributed by atoms with Gasteiger partial charge in [0, 0.05) is 11.6 Å². The molecule has 4 heteroatoms. The second-order valence-corrected chi connectivity index (χ2v) is 5.26. The molecule has 0 spiro atoms. The molecule has 108 valence electrons. The van der Waals surface area contributed by atoms with E-state index in [9.17, 15) is 0 Å². The highest BCUT2D eigenvalue weighted by Gasteiger charge is 2.09. The summed E-state index contributed by atoms with van der Waals surface area (Å²) in [6, 6.07) is 14.9. The summed E-state index contributed by atoms with van der Waals surface area (Å²) in [5.41, 5.74) is 0.979. The SMILES string of the molecule is CCC(C)NCc1nc(-c2ccc3ccccc3c2)no1. The van der Waals surface area contributed by atoms with Crippen LogP contribution in [0.3, 0.4) is 0 Å². The molecule has 1 unspecified atom stereocenters. The Hall–Kier alpha value is -2.20. The molecule has 3 aromatic rings. The number of hydrogen-bond donors (Lipinski definition) is 1. The van der Waals surface area contributed by atoms with E-state index in [1.165, 1.54) is 10.8 Å². The Kier molecular flexibility index (Phi) is 3.97. The monoisotopic (exact) mass is 281 g/mol. The molecule has 0 amide bonds. The normalized spacial score (nSPS) is 12.7. The number of nitrogens with zero attached hydrogens (tertiary/aromatic N) is 2. The van der Waals surface area contributed by atoms with Crippen molar-refractivity contribution in [3.8, 4) is 11.4 Å². The van der Waals surface area contributed by atoms with Gasteiger partial charge in [-0.05, 0) is 30.2 Å². The lowest BCUT2D eigenvalue weighted by atomic mass is 10.1. The molecule has 1 aromatic heterocycles. The minimum absolute atomic E-state index is 0.445. The van der Waals surface area contributed by atoms with Crippen molar-refractivity contribution in [1.82, 2.24) is 15.5 Å². The molecule has 3 rings (SSSR count). The molecule has 0 aliphatic carbocycles. The minimum atomic E-state index is 0.445. The minimum Gasteiger partial charge on any atom is -0.338 e. The van der Waals surface area contributed by atoms with E-state index in [1.807, 2.05) is 18.2 Å². The highest BCUT2D eigenvalue weighted by atomic mass is 16.5. The number of nitrogens with one attached hydrogen (secondary N) is 1. The molecule has 0 saturated carbocycles. The van der Waals surface area contributed by atoms with Crippen LogP contribution in [0.1, 0.15) is 26.2 Å². The summed E-state index contributed by atoms with van der Waals surface area (Å²) >= 11 is 0. The van der Waals surface area contributed by atoms with E-state index in [0.717, 1.165) is 12.0 Å². The van der Waals surface area contributed by atoms with Crippen molar-refractivity contribution in [1.29, 1.82) is 0 Å². The molecular weight excluding hydrogens is 262 g/mol. The summed E-state index contributed by atoms with van der Waals surface area (Å²) in [6.07, 6.45) is 1.08. The van der Waals surface area contributed by atoms with Crippen LogP contribution in [0.25, 0.3) is 22.2 Å². The maximum absolute atomic E-state index is 5.30. The number of rotatable bonds is 5. The quantitative estimate of drug-likeness (QED) is 0.773. The van der Waals surface area contributed by atoms with Crippen LogP contribution in [0.4, 0.5) is 0 Å². The first-order valence-electron chi connectivity index (χ1n) is 7.31. The Bertz CT molecular complexity index is 735. The Balaban J connectivity index is 1.81. The van der Waals surface area contributed by atoms with Crippen molar-refractivity contribution in [3.05, 3.63) is 48.4 Å². The average molecular weight is 281 g/mol. The number of benzene rings is 2. The van der Waals surface area contributed by atoms with Crippen molar-refractivity contribution in [2.24, 2.45) is 0 Å². The van der Waals surface area contributed by atoms with Gasteiger partial charge < -0.3 is 9.84 Å². The third-order valence-corrected chi connectivity index (χ3v) is 3.69. The fraction of sp³-hybridized carbons (Fsp3) is 0.294. The van der Waals surface area contributed by atoms with Crippen LogP contribution < -0.4 is 5.32 Å². The molecule has 0 saturated heterocycles. The van der Waals surface area contributed by atoms with E-state index in [-0.39, 0.29) is 0 Å². The molecule has 0 fully saturated rings. The number of aromatic nitrogens is 2. The molecular formula is C17H19N3O. The predicted molar refractivity (Wildman–Crippen MR) is 83.8 cm³/mol. The summed E-state index contributed by atoms with van der Waals surface area (Å²) in [6.45, 7) is 4.89. The van der Waals surface area contributed by atoms with Gasteiger partial charge in [0.2, 0.25) is 11.7 Å². The van der Waals surface area contributed by atoms with Gasteiger partial charge in [0.15, 0.2) is 0 Å². The van der Waals surface area contributed by atoms with Crippen molar-refractivity contribution >= 4 is 10.8 Å². The van der Waals surface area contributed by atoms with Gasteiger partial charge >= 0.3 is 0 Å². The summed E-state index contributed by atoms with van der Waals surface area (Å²) in [4.78, 5) is 4.45. The van der Waals surface area contributed by atoms with E-state index < -0.39 is 0 Å². The van der Waals surface area contributed by atoms with Gasteiger partial charge in [0.1, 0.15) is 0 Å².